The van der Waals surface area contributed by atoms with Crippen LogP contribution in [-0.2, 0) is 4.79 Å². The number of nitrogens with zero attached hydrogens (tertiary/aromatic N) is 2. The van der Waals surface area contributed by atoms with Gasteiger partial charge in [0.15, 0.2) is 0 Å². The average molecular weight is 403 g/mol. The minimum atomic E-state index is -0.749. The van der Waals surface area contributed by atoms with Gasteiger partial charge in [0.25, 0.3) is 0 Å². The number of carbonyl (C=O) groups excluding carboxylic acids is 1. The van der Waals surface area contributed by atoms with Crippen LogP contribution >= 0.6 is 11.6 Å². The number of hydrogen-bond donors (Lipinski definition) is 2. The van der Waals surface area contributed by atoms with Crippen molar-refractivity contribution in [1.29, 1.82) is 0 Å². The molecule has 0 spiro atoms. The first kappa shape index (κ1) is 18.2. The van der Waals surface area contributed by atoms with Gasteiger partial charge in [0.2, 0.25) is 11.8 Å². The number of rotatable bonds is 5. The molecular weight excluding hydrogens is 387 g/mol. The Kier molecular flexibility index (Phi) is 4.87. The summed E-state index contributed by atoms with van der Waals surface area (Å²) in [5.74, 6) is -0.465. The second-order valence-corrected chi connectivity index (χ2v) is 6.72. The van der Waals surface area contributed by atoms with E-state index in [1.165, 1.54) is 13.2 Å². The lowest BCUT2D eigenvalue weighted by Gasteiger charge is -2.18. The van der Waals surface area contributed by atoms with Gasteiger partial charge in [0.05, 0.1) is 7.11 Å². The Morgan fingerprint density at radius 3 is 2.75 bits per heavy atom. The third kappa shape index (κ3) is 3.50. The summed E-state index contributed by atoms with van der Waals surface area (Å²) in [5, 5.41) is 14.2. The van der Waals surface area contributed by atoms with Gasteiger partial charge in [0.1, 0.15) is 17.6 Å². The van der Waals surface area contributed by atoms with E-state index in [0.717, 1.165) is 0 Å². The van der Waals surface area contributed by atoms with E-state index in [9.17, 15) is 9.18 Å². The molecule has 1 fully saturated rings. The van der Waals surface area contributed by atoms with Gasteiger partial charge < -0.3 is 19.8 Å². The molecule has 0 aliphatic carbocycles. The molecule has 0 saturated carbocycles. The molecule has 9 heteroatoms. The van der Waals surface area contributed by atoms with Crippen LogP contribution in [0.3, 0.4) is 0 Å². The summed E-state index contributed by atoms with van der Waals surface area (Å²) in [6, 6.07) is 10.8. The Balaban J connectivity index is 1.56. The molecule has 1 saturated heterocycles. The van der Waals surface area contributed by atoms with Crippen molar-refractivity contribution in [3.8, 4) is 17.2 Å². The maximum atomic E-state index is 14.5. The molecule has 1 aliphatic rings. The van der Waals surface area contributed by atoms with Crippen molar-refractivity contribution in [3.63, 3.8) is 0 Å². The zero-order chi connectivity index (χ0) is 19.7. The topological polar surface area (TPSA) is 89.3 Å². The number of amides is 1. The highest BCUT2D eigenvalue weighted by molar-refractivity contribution is 6.30. The van der Waals surface area contributed by atoms with Crippen molar-refractivity contribution >= 4 is 23.5 Å². The van der Waals surface area contributed by atoms with Crippen LogP contribution in [0.1, 0.15) is 11.5 Å². The number of hydrogen-bond acceptors (Lipinski definition) is 6. The van der Waals surface area contributed by atoms with E-state index < -0.39 is 17.8 Å². The third-order valence-electron chi connectivity index (χ3n) is 4.58. The number of ether oxygens (including phenoxy) is 1. The molecule has 7 nitrogen and oxygen atoms in total. The van der Waals surface area contributed by atoms with E-state index in [2.05, 4.69) is 20.8 Å². The lowest BCUT2D eigenvalue weighted by molar-refractivity contribution is -0.119. The molecule has 0 radical (unpaired) electrons. The number of halogens is 2. The van der Waals surface area contributed by atoms with E-state index in [1.807, 2.05) is 0 Å². The first-order valence-electron chi connectivity index (χ1n) is 8.52. The zero-order valence-electron chi connectivity index (χ0n) is 14.8. The molecule has 144 valence electrons. The van der Waals surface area contributed by atoms with Crippen molar-refractivity contribution in [2.45, 2.75) is 12.0 Å². The van der Waals surface area contributed by atoms with Crippen molar-refractivity contribution in [2.24, 2.45) is 0 Å². The molecule has 2 heterocycles. The SMILES string of the molecule is COc1ccc([C@@H]2CNC(=O)[C@H]2Nc2nnc(-c3ccc(Cl)cc3)o2)c(F)c1. The Hall–Kier alpha value is -3.13. The van der Waals surface area contributed by atoms with Gasteiger partial charge in [-0.25, -0.2) is 4.39 Å². The fourth-order valence-electron chi connectivity index (χ4n) is 3.14. The Morgan fingerprint density at radius 2 is 2.04 bits per heavy atom. The molecule has 2 N–H and O–H groups in total. The molecular formula is C19H16ClFN4O3. The number of anilines is 1. The first-order valence-corrected chi connectivity index (χ1v) is 8.90. The van der Waals surface area contributed by atoms with Crippen LogP contribution in [0.4, 0.5) is 10.4 Å². The fourth-order valence-corrected chi connectivity index (χ4v) is 3.26. The zero-order valence-corrected chi connectivity index (χ0v) is 15.5. The lowest BCUT2D eigenvalue weighted by Crippen LogP contribution is -2.32. The van der Waals surface area contributed by atoms with Crippen LogP contribution in [0, 0.1) is 5.82 Å². The van der Waals surface area contributed by atoms with Gasteiger partial charge >= 0.3 is 6.01 Å². The predicted octanol–water partition coefficient (Wildman–Crippen LogP) is 3.23. The van der Waals surface area contributed by atoms with Gasteiger partial charge in [-0.05, 0) is 35.9 Å². The maximum absolute atomic E-state index is 14.5. The van der Waals surface area contributed by atoms with Crippen molar-refractivity contribution in [2.75, 3.05) is 19.0 Å². The van der Waals surface area contributed by atoms with E-state index in [0.29, 0.717) is 21.9 Å². The summed E-state index contributed by atoms with van der Waals surface area (Å²) < 4.78 is 25.1. The van der Waals surface area contributed by atoms with Gasteiger partial charge in [-0.1, -0.05) is 22.8 Å². The average Bonchev–Trinajstić information content (AvgIpc) is 3.30. The summed E-state index contributed by atoms with van der Waals surface area (Å²) in [6.45, 7) is 0.290. The van der Waals surface area contributed by atoms with Crippen LogP contribution in [0.25, 0.3) is 11.5 Å². The van der Waals surface area contributed by atoms with Crippen LogP contribution < -0.4 is 15.4 Å². The van der Waals surface area contributed by atoms with E-state index in [-0.39, 0.29) is 24.4 Å². The van der Waals surface area contributed by atoms with E-state index in [4.69, 9.17) is 20.8 Å². The quantitative estimate of drug-likeness (QED) is 0.681. The molecule has 28 heavy (non-hydrogen) atoms. The van der Waals surface area contributed by atoms with Gasteiger partial charge in [-0.2, -0.15) is 0 Å². The van der Waals surface area contributed by atoms with Gasteiger partial charge in [-0.3, -0.25) is 4.79 Å². The van der Waals surface area contributed by atoms with Crippen molar-refractivity contribution < 1.29 is 18.3 Å². The molecule has 3 aromatic rings. The standard InChI is InChI=1S/C19H16ClFN4O3/c1-27-12-6-7-13(15(21)8-12)14-9-22-17(26)16(14)23-19-25-24-18(28-19)10-2-4-11(20)5-3-10/h2-8,14,16H,9H2,1H3,(H,22,26)(H,23,25)/t14-,16-/m0/s1. The largest absolute Gasteiger partial charge is 0.497 e. The van der Waals surface area contributed by atoms with E-state index in [1.54, 1.807) is 36.4 Å². The number of methoxy groups -OCH3 is 1. The molecule has 1 aromatic heterocycles. The highest BCUT2D eigenvalue weighted by Gasteiger charge is 2.38. The number of benzene rings is 2. The normalized spacial score (nSPS) is 18.8. The highest BCUT2D eigenvalue weighted by Crippen LogP contribution is 2.31. The number of carbonyl (C=O) groups is 1. The highest BCUT2D eigenvalue weighted by atomic mass is 35.5. The first-order chi connectivity index (χ1) is 13.5. The minimum Gasteiger partial charge on any atom is -0.497 e. The second-order valence-electron chi connectivity index (χ2n) is 6.28. The lowest BCUT2D eigenvalue weighted by atomic mass is 9.93. The fraction of sp³-hybridized carbons (Fsp3) is 0.211. The minimum absolute atomic E-state index is 0.0749. The Labute approximate surface area is 164 Å². The van der Waals surface area contributed by atoms with Crippen LogP contribution in [0.2, 0.25) is 5.02 Å². The summed E-state index contributed by atoms with van der Waals surface area (Å²) in [7, 11) is 1.47. The summed E-state index contributed by atoms with van der Waals surface area (Å²) in [4.78, 5) is 12.3. The molecule has 2 atom stereocenters. The van der Waals surface area contributed by atoms with Crippen LogP contribution in [-0.4, -0.2) is 35.8 Å². The smallest absolute Gasteiger partial charge is 0.316 e. The maximum Gasteiger partial charge on any atom is 0.316 e. The summed E-state index contributed by atoms with van der Waals surface area (Å²) >= 11 is 5.88. The summed E-state index contributed by atoms with van der Waals surface area (Å²) in [6.07, 6.45) is 0. The number of aromatic nitrogens is 2. The Morgan fingerprint density at radius 1 is 1.25 bits per heavy atom. The monoisotopic (exact) mass is 402 g/mol. The van der Waals surface area contributed by atoms with Crippen molar-refractivity contribution in [3.05, 3.63) is 58.9 Å². The third-order valence-corrected chi connectivity index (χ3v) is 4.84. The van der Waals surface area contributed by atoms with Gasteiger partial charge in [-0.15, -0.1) is 5.10 Å². The second kappa shape index (κ2) is 7.47. The van der Waals surface area contributed by atoms with Gasteiger partial charge in [0, 0.05) is 29.1 Å². The Bertz CT molecular complexity index is 1010. The molecule has 1 amide bonds. The molecule has 0 bridgehead atoms. The molecule has 4 rings (SSSR count). The summed E-state index contributed by atoms with van der Waals surface area (Å²) in [5.41, 5.74) is 1.09. The van der Waals surface area contributed by atoms with Crippen LogP contribution in [0.15, 0.2) is 46.9 Å². The molecule has 1 aliphatic heterocycles. The van der Waals surface area contributed by atoms with Crippen molar-refractivity contribution in [1.82, 2.24) is 15.5 Å². The molecule has 0 unspecified atom stereocenters. The van der Waals surface area contributed by atoms with Crippen LogP contribution in [0.5, 0.6) is 5.75 Å². The molecule has 2 aromatic carbocycles. The predicted molar refractivity (Wildman–Crippen MR) is 101 cm³/mol. The number of nitrogens with one attached hydrogen (secondary N) is 2. The van der Waals surface area contributed by atoms with E-state index >= 15 is 0 Å².